The molecule has 4 rings (SSSR count). The highest BCUT2D eigenvalue weighted by Crippen LogP contribution is 2.27. The first kappa shape index (κ1) is 14.2. The molecule has 0 spiro atoms. The fourth-order valence-corrected chi connectivity index (χ4v) is 4.41. The molecule has 1 fully saturated rings. The molecule has 116 valence electrons. The van der Waals surface area contributed by atoms with Crippen LogP contribution in [0.2, 0.25) is 0 Å². The molecule has 1 aromatic heterocycles. The highest BCUT2D eigenvalue weighted by molar-refractivity contribution is 7.99. The van der Waals surface area contributed by atoms with E-state index in [4.69, 9.17) is 0 Å². The van der Waals surface area contributed by atoms with E-state index in [0.29, 0.717) is 6.54 Å². The molecule has 1 aromatic carbocycles. The Labute approximate surface area is 134 Å². The molecule has 2 aromatic rings. The number of para-hydroxylation sites is 1. The van der Waals surface area contributed by atoms with Crippen molar-refractivity contribution in [3.63, 3.8) is 0 Å². The van der Waals surface area contributed by atoms with Crippen molar-refractivity contribution in [1.29, 1.82) is 0 Å². The van der Waals surface area contributed by atoms with Crippen molar-refractivity contribution in [1.82, 2.24) is 14.8 Å². The van der Waals surface area contributed by atoms with Crippen molar-refractivity contribution in [2.75, 3.05) is 37.7 Å². The summed E-state index contributed by atoms with van der Waals surface area (Å²) in [6, 6.07) is 8.40. The van der Waals surface area contributed by atoms with Gasteiger partial charge in [0, 0.05) is 66.3 Å². The second-order valence-electron chi connectivity index (χ2n) is 6.08. The molecule has 22 heavy (non-hydrogen) atoms. The highest BCUT2D eigenvalue weighted by Gasteiger charge is 2.25. The van der Waals surface area contributed by atoms with Crippen LogP contribution in [0.1, 0.15) is 11.3 Å². The quantitative estimate of drug-likeness (QED) is 0.922. The van der Waals surface area contributed by atoms with Gasteiger partial charge in [-0.2, -0.15) is 11.8 Å². The number of nitrogens with zero attached hydrogens (tertiary/aromatic N) is 2. The monoisotopic (exact) mass is 315 g/mol. The first-order chi connectivity index (χ1) is 10.8. The van der Waals surface area contributed by atoms with Gasteiger partial charge >= 0.3 is 0 Å². The van der Waals surface area contributed by atoms with E-state index >= 15 is 0 Å². The van der Waals surface area contributed by atoms with Gasteiger partial charge in [0.15, 0.2) is 0 Å². The first-order valence-corrected chi connectivity index (χ1v) is 9.13. The third-order valence-corrected chi connectivity index (χ3v) is 5.64. The van der Waals surface area contributed by atoms with E-state index in [2.05, 4.69) is 34.1 Å². The maximum absolute atomic E-state index is 12.6. The molecule has 0 atom stereocenters. The average Bonchev–Trinajstić information content (AvgIpc) is 2.93. The summed E-state index contributed by atoms with van der Waals surface area (Å²) >= 11 is 1.98. The van der Waals surface area contributed by atoms with Crippen LogP contribution in [-0.4, -0.2) is 58.4 Å². The van der Waals surface area contributed by atoms with Crippen LogP contribution in [0.15, 0.2) is 24.3 Å². The number of nitrogens with one attached hydrogen (secondary N) is 1. The molecule has 1 saturated heterocycles. The predicted octanol–water partition coefficient (Wildman–Crippen LogP) is 2.10. The summed E-state index contributed by atoms with van der Waals surface area (Å²) < 4.78 is 0. The van der Waals surface area contributed by atoms with Crippen LogP contribution in [0, 0.1) is 0 Å². The van der Waals surface area contributed by atoms with E-state index in [0.717, 1.165) is 44.1 Å². The number of benzene rings is 1. The van der Waals surface area contributed by atoms with Gasteiger partial charge in [0.05, 0.1) is 6.54 Å². The molecular formula is C17H21N3OS. The molecule has 3 heterocycles. The Morgan fingerprint density at radius 2 is 2.00 bits per heavy atom. The summed E-state index contributed by atoms with van der Waals surface area (Å²) in [6.07, 6.45) is 0.936. The lowest BCUT2D eigenvalue weighted by Gasteiger charge is -2.31. The van der Waals surface area contributed by atoms with Crippen LogP contribution in [-0.2, 0) is 17.8 Å². The maximum Gasteiger partial charge on any atom is 0.237 e. The van der Waals surface area contributed by atoms with Gasteiger partial charge in [-0.25, -0.2) is 0 Å². The summed E-state index contributed by atoms with van der Waals surface area (Å²) in [5.74, 6) is 2.59. The molecule has 2 aliphatic heterocycles. The SMILES string of the molecule is O=C(CN1CCSCC1)N1CCc2[nH]c3ccccc3c2C1. The van der Waals surface area contributed by atoms with Crippen molar-refractivity contribution in [3.8, 4) is 0 Å². The Balaban J connectivity index is 1.50. The third-order valence-electron chi connectivity index (χ3n) is 4.70. The van der Waals surface area contributed by atoms with E-state index in [1.807, 2.05) is 16.7 Å². The number of aromatic amines is 1. The fourth-order valence-electron chi connectivity index (χ4n) is 3.43. The Morgan fingerprint density at radius 3 is 2.86 bits per heavy atom. The molecule has 5 heteroatoms. The van der Waals surface area contributed by atoms with E-state index < -0.39 is 0 Å². The molecular weight excluding hydrogens is 294 g/mol. The molecule has 0 bridgehead atoms. The van der Waals surface area contributed by atoms with Crippen molar-refractivity contribution < 1.29 is 4.79 Å². The molecule has 2 aliphatic rings. The number of H-pyrrole nitrogens is 1. The van der Waals surface area contributed by atoms with E-state index in [1.165, 1.54) is 22.2 Å². The van der Waals surface area contributed by atoms with Crippen molar-refractivity contribution >= 4 is 28.6 Å². The number of amides is 1. The minimum atomic E-state index is 0.280. The zero-order valence-electron chi connectivity index (χ0n) is 12.7. The Morgan fingerprint density at radius 1 is 1.18 bits per heavy atom. The van der Waals surface area contributed by atoms with Gasteiger partial charge in [-0.3, -0.25) is 9.69 Å². The fraction of sp³-hybridized carbons (Fsp3) is 0.471. The lowest BCUT2D eigenvalue weighted by molar-refractivity contribution is -0.133. The van der Waals surface area contributed by atoms with Crippen molar-refractivity contribution in [3.05, 3.63) is 35.5 Å². The smallest absolute Gasteiger partial charge is 0.237 e. The van der Waals surface area contributed by atoms with Crippen LogP contribution in [0.4, 0.5) is 0 Å². The molecule has 1 amide bonds. The van der Waals surface area contributed by atoms with Crippen molar-refractivity contribution in [2.45, 2.75) is 13.0 Å². The third kappa shape index (κ3) is 2.63. The summed E-state index contributed by atoms with van der Waals surface area (Å²) in [7, 11) is 0. The van der Waals surface area contributed by atoms with Gasteiger partial charge in [-0.05, 0) is 6.07 Å². The number of hydrogen-bond acceptors (Lipinski definition) is 3. The number of carbonyl (C=O) groups is 1. The predicted molar refractivity (Wildman–Crippen MR) is 91.2 cm³/mol. The Bertz CT molecular complexity index is 690. The van der Waals surface area contributed by atoms with Gasteiger partial charge in [-0.15, -0.1) is 0 Å². The van der Waals surface area contributed by atoms with Crippen molar-refractivity contribution in [2.24, 2.45) is 0 Å². The Hall–Kier alpha value is -1.46. The molecule has 0 radical (unpaired) electrons. The number of rotatable bonds is 2. The number of aromatic nitrogens is 1. The Kier molecular flexibility index (Phi) is 3.84. The zero-order valence-corrected chi connectivity index (χ0v) is 13.5. The summed E-state index contributed by atoms with van der Waals surface area (Å²) in [5.41, 5.74) is 3.80. The minimum Gasteiger partial charge on any atom is -0.358 e. The topological polar surface area (TPSA) is 39.3 Å². The lowest BCUT2D eigenvalue weighted by atomic mass is 10.0. The minimum absolute atomic E-state index is 0.280. The average molecular weight is 315 g/mol. The van der Waals surface area contributed by atoms with Gasteiger partial charge in [0.25, 0.3) is 0 Å². The second-order valence-corrected chi connectivity index (χ2v) is 7.31. The van der Waals surface area contributed by atoms with Crippen LogP contribution in [0.25, 0.3) is 10.9 Å². The van der Waals surface area contributed by atoms with Crippen LogP contribution in [0.5, 0.6) is 0 Å². The first-order valence-electron chi connectivity index (χ1n) is 7.97. The lowest BCUT2D eigenvalue weighted by Crippen LogP contribution is -2.44. The second kappa shape index (κ2) is 5.97. The molecule has 1 N–H and O–H groups in total. The standard InChI is InChI=1S/C17H21N3OS/c21-17(12-19-7-9-22-10-8-19)20-6-5-16-14(11-20)13-3-1-2-4-15(13)18-16/h1-4,18H,5-12H2. The van der Waals surface area contributed by atoms with Gasteiger partial charge in [-0.1, -0.05) is 18.2 Å². The number of fused-ring (bicyclic) bond motifs is 3. The van der Waals surface area contributed by atoms with Gasteiger partial charge < -0.3 is 9.88 Å². The molecule has 0 saturated carbocycles. The summed E-state index contributed by atoms with van der Waals surface area (Å²) in [6.45, 7) is 4.26. The van der Waals surface area contributed by atoms with Gasteiger partial charge in [0.2, 0.25) is 5.91 Å². The zero-order chi connectivity index (χ0) is 14.9. The van der Waals surface area contributed by atoms with E-state index in [-0.39, 0.29) is 5.91 Å². The summed E-state index contributed by atoms with van der Waals surface area (Å²) in [5, 5.41) is 1.27. The van der Waals surface area contributed by atoms with Crippen LogP contribution < -0.4 is 0 Å². The molecule has 0 unspecified atom stereocenters. The molecule has 4 nitrogen and oxygen atoms in total. The van der Waals surface area contributed by atoms with Gasteiger partial charge in [0.1, 0.15) is 0 Å². The van der Waals surface area contributed by atoms with Crippen LogP contribution >= 0.6 is 11.8 Å². The number of thioether (sulfide) groups is 1. The number of hydrogen-bond donors (Lipinski definition) is 1. The molecule has 0 aliphatic carbocycles. The number of carbonyl (C=O) groups excluding carboxylic acids is 1. The van der Waals surface area contributed by atoms with E-state index in [1.54, 1.807) is 0 Å². The highest BCUT2D eigenvalue weighted by atomic mass is 32.2. The van der Waals surface area contributed by atoms with E-state index in [9.17, 15) is 4.79 Å². The summed E-state index contributed by atoms with van der Waals surface area (Å²) in [4.78, 5) is 20.4. The van der Waals surface area contributed by atoms with Crippen LogP contribution in [0.3, 0.4) is 0 Å². The largest absolute Gasteiger partial charge is 0.358 e. The normalized spacial score (nSPS) is 19.4. The maximum atomic E-state index is 12.6.